The van der Waals surface area contributed by atoms with Crippen molar-refractivity contribution in [3.63, 3.8) is 0 Å². The maximum absolute atomic E-state index is 12.1. The highest BCUT2D eigenvalue weighted by Crippen LogP contribution is 2.15. The number of carbonyl (C=O) groups is 1. The molecule has 1 aromatic carbocycles. The van der Waals surface area contributed by atoms with Crippen molar-refractivity contribution >= 4 is 17.6 Å². The van der Waals surface area contributed by atoms with Crippen molar-refractivity contribution in [2.24, 2.45) is 10.7 Å². The quantitative estimate of drug-likeness (QED) is 0.883. The predicted molar refractivity (Wildman–Crippen MR) is 93.1 cm³/mol. The fraction of sp³-hybridized carbons (Fsp3) is 0.278. The van der Waals surface area contributed by atoms with Gasteiger partial charge >= 0.3 is 0 Å². The van der Waals surface area contributed by atoms with E-state index in [0.29, 0.717) is 12.3 Å². The second kappa shape index (κ2) is 7.12. The van der Waals surface area contributed by atoms with E-state index < -0.39 is 0 Å². The Kier molecular flexibility index (Phi) is 4.74. The highest BCUT2D eigenvalue weighted by atomic mass is 16.5. The van der Waals surface area contributed by atoms with Crippen LogP contribution in [0.15, 0.2) is 47.6 Å². The molecule has 1 unspecified atom stereocenters. The Morgan fingerprint density at radius 2 is 2.08 bits per heavy atom. The molecule has 0 radical (unpaired) electrons. The molecule has 3 N–H and O–H groups in total. The number of nitrogens with one attached hydrogen (secondary N) is 1. The van der Waals surface area contributed by atoms with Gasteiger partial charge in [-0.15, -0.1) is 0 Å². The smallest absolute Gasteiger partial charge is 0.282 e. The third-order valence-corrected chi connectivity index (χ3v) is 3.86. The highest BCUT2D eigenvalue weighted by Gasteiger charge is 2.16. The van der Waals surface area contributed by atoms with Gasteiger partial charge in [0.2, 0.25) is 0 Å². The topological polar surface area (TPSA) is 89.6 Å². The average Bonchev–Trinajstić information content (AvgIpc) is 3.00. The zero-order valence-electron chi connectivity index (χ0n) is 13.5. The second-order valence-electron chi connectivity index (χ2n) is 5.84. The lowest BCUT2D eigenvalue weighted by Gasteiger charge is -2.08. The van der Waals surface area contributed by atoms with Crippen LogP contribution < -0.4 is 11.1 Å². The lowest BCUT2D eigenvalue weighted by molar-refractivity contribution is 0.102. The van der Waals surface area contributed by atoms with Gasteiger partial charge in [0, 0.05) is 11.9 Å². The van der Waals surface area contributed by atoms with Crippen LogP contribution in [-0.4, -0.2) is 29.6 Å². The number of pyridine rings is 1. The summed E-state index contributed by atoms with van der Waals surface area (Å²) >= 11 is 0. The summed E-state index contributed by atoms with van der Waals surface area (Å²) in [5, 5.41) is 2.85. The first kappa shape index (κ1) is 16.0. The zero-order chi connectivity index (χ0) is 16.9. The van der Waals surface area contributed by atoms with Crippen molar-refractivity contribution in [2.75, 3.05) is 11.9 Å². The van der Waals surface area contributed by atoms with Crippen molar-refractivity contribution < 1.29 is 9.53 Å². The van der Waals surface area contributed by atoms with Crippen LogP contribution in [0.1, 0.15) is 28.0 Å². The standard InChI is InChI=1S/C18H20N4O2/c1-12-2-9-16(20-10-12)17(23)21-14-6-3-13(4-7-14)5-8-15-11-24-18(19)22-15/h2-4,6-7,9-10,15H,5,8,11H2,1H3,(H2,19,22)(H,21,23). The number of aryl methyl sites for hydroxylation is 2. The summed E-state index contributed by atoms with van der Waals surface area (Å²) in [6, 6.07) is 11.8. The van der Waals surface area contributed by atoms with Crippen LogP contribution in [0.3, 0.4) is 0 Å². The number of rotatable bonds is 5. The number of hydrogen-bond acceptors (Lipinski definition) is 5. The van der Waals surface area contributed by atoms with Gasteiger partial charge in [-0.3, -0.25) is 9.78 Å². The molecule has 1 atom stereocenters. The molecule has 0 spiro atoms. The molecule has 3 rings (SSSR count). The second-order valence-corrected chi connectivity index (χ2v) is 5.84. The Morgan fingerprint density at radius 1 is 1.29 bits per heavy atom. The molecule has 0 fully saturated rings. The summed E-state index contributed by atoms with van der Waals surface area (Å²) < 4.78 is 5.14. The third kappa shape index (κ3) is 4.10. The van der Waals surface area contributed by atoms with Crippen molar-refractivity contribution in [3.05, 3.63) is 59.4 Å². The first-order chi connectivity index (χ1) is 11.6. The van der Waals surface area contributed by atoms with E-state index in [4.69, 9.17) is 10.5 Å². The molecule has 1 aliphatic heterocycles. The van der Waals surface area contributed by atoms with E-state index in [-0.39, 0.29) is 18.0 Å². The van der Waals surface area contributed by atoms with Crippen molar-refractivity contribution in [1.29, 1.82) is 0 Å². The van der Waals surface area contributed by atoms with E-state index >= 15 is 0 Å². The molecular formula is C18H20N4O2. The van der Waals surface area contributed by atoms with Crippen LogP contribution in [0, 0.1) is 6.92 Å². The molecular weight excluding hydrogens is 304 g/mol. The fourth-order valence-electron chi connectivity index (χ4n) is 2.47. The van der Waals surface area contributed by atoms with Gasteiger partial charge in [-0.25, -0.2) is 4.99 Å². The molecule has 1 amide bonds. The van der Waals surface area contributed by atoms with Gasteiger partial charge in [0.1, 0.15) is 12.3 Å². The number of carbonyl (C=O) groups excluding carboxylic acids is 1. The van der Waals surface area contributed by atoms with Crippen LogP contribution in [0.5, 0.6) is 0 Å². The van der Waals surface area contributed by atoms with Crippen molar-refractivity contribution in [1.82, 2.24) is 4.98 Å². The molecule has 0 bridgehead atoms. The molecule has 0 saturated heterocycles. The largest absolute Gasteiger partial charge is 0.463 e. The maximum Gasteiger partial charge on any atom is 0.282 e. The normalized spacial score (nSPS) is 16.4. The summed E-state index contributed by atoms with van der Waals surface area (Å²) in [4.78, 5) is 20.5. The Balaban J connectivity index is 1.54. The lowest BCUT2D eigenvalue weighted by atomic mass is 10.1. The molecule has 6 nitrogen and oxygen atoms in total. The summed E-state index contributed by atoms with van der Waals surface area (Å²) in [5.74, 6) is -0.212. The van der Waals surface area contributed by atoms with Crippen LogP contribution in [0.2, 0.25) is 0 Å². The van der Waals surface area contributed by atoms with Gasteiger partial charge in [0.25, 0.3) is 11.9 Å². The van der Waals surface area contributed by atoms with Crippen LogP contribution in [0.4, 0.5) is 5.69 Å². The number of hydrogen-bond donors (Lipinski definition) is 2. The number of benzene rings is 1. The lowest BCUT2D eigenvalue weighted by Crippen LogP contribution is -2.13. The first-order valence-electron chi connectivity index (χ1n) is 7.89. The summed E-state index contributed by atoms with van der Waals surface area (Å²) in [6.07, 6.45) is 3.46. The monoisotopic (exact) mass is 324 g/mol. The third-order valence-electron chi connectivity index (χ3n) is 3.86. The number of anilines is 1. The minimum Gasteiger partial charge on any atom is -0.463 e. The van der Waals surface area contributed by atoms with Crippen LogP contribution in [-0.2, 0) is 11.2 Å². The molecule has 2 aromatic rings. The number of amides is 1. The number of nitrogens with zero attached hydrogens (tertiary/aromatic N) is 2. The van der Waals surface area contributed by atoms with Gasteiger partial charge in [0.05, 0.1) is 6.04 Å². The average molecular weight is 324 g/mol. The predicted octanol–water partition coefficient (Wildman–Crippen LogP) is 2.29. The number of aromatic nitrogens is 1. The Morgan fingerprint density at radius 3 is 2.71 bits per heavy atom. The summed E-state index contributed by atoms with van der Waals surface area (Å²) in [6.45, 7) is 2.49. The summed E-state index contributed by atoms with van der Waals surface area (Å²) in [5.41, 5.74) is 8.86. The maximum atomic E-state index is 12.1. The SMILES string of the molecule is Cc1ccc(C(=O)Nc2ccc(CCC3COC(N)=N3)cc2)nc1. The number of aliphatic imine (C=N–C) groups is 1. The van der Waals surface area contributed by atoms with Crippen molar-refractivity contribution in [3.8, 4) is 0 Å². The molecule has 6 heteroatoms. The van der Waals surface area contributed by atoms with Gasteiger partial charge in [-0.05, 0) is 49.1 Å². The fourth-order valence-corrected chi connectivity index (χ4v) is 2.47. The Labute approximate surface area is 140 Å². The van der Waals surface area contributed by atoms with Crippen LogP contribution in [0.25, 0.3) is 0 Å². The Bertz CT molecular complexity index is 739. The summed E-state index contributed by atoms with van der Waals surface area (Å²) in [7, 11) is 0. The van der Waals surface area contributed by atoms with Crippen molar-refractivity contribution in [2.45, 2.75) is 25.8 Å². The molecule has 0 aliphatic carbocycles. The number of nitrogens with two attached hydrogens (primary N) is 1. The molecule has 124 valence electrons. The number of ether oxygens (including phenoxy) is 1. The number of amidine groups is 1. The van der Waals surface area contributed by atoms with Gasteiger partial charge in [0.15, 0.2) is 0 Å². The van der Waals surface area contributed by atoms with Gasteiger partial charge in [-0.2, -0.15) is 0 Å². The molecule has 0 saturated carbocycles. The molecule has 1 aliphatic rings. The van der Waals surface area contributed by atoms with E-state index in [1.54, 1.807) is 12.3 Å². The van der Waals surface area contributed by atoms with E-state index in [0.717, 1.165) is 24.1 Å². The minimum atomic E-state index is -0.212. The van der Waals surface area contributed by atoms with E-state index in [1.807, 2.05) is 37.3 Å². The van der Waals surface area contributed by atoms with Crippen LogP contribution >= 0.6 is 0 Å². The minimum absolute atomic E-state index is 0.136. The molecule has 24 heavy (non-hydrogen) atoms. The zero-order valence-corrected chi connectivity index (χ0v) is 13.5. The van der Waals surface area contributed by atoms with Gasteiger partial charge in [-0.1, -0.05) is 18.2 Å². The first-order valence-corrected chi connectivity index (χ1v) is 7.89. The molecule has 1 aromatic heterocycles. The van der Waals surface area contributed by atoms with E-state index in [2.05, 4.69) is 15.3 Å². The molecule has 2 heterocycles. The highest BCUT2D eigenvalue weighted by molar-refractivity contribution is 6.02. The van der Waals surface area contributed by atoms with E-state index in [9.17, 15) is 4.79 Å². The Hall–Kier alpha value is -2.89. The van der Waals surface area contributed by atoms with Gasteiger partial charge < -0.3 is 15.8 Å². The van der Waals surface area contributed by atoms with E-state index in [1.165, 1.54) is 5.56 Å².